The Hall–Kier alpha value is -0.0800. The van der Waals surface area contributed by atoms with Crippen LogP contribution in [0.2, 0.25) is 0 Å². The Morgan fingerprint density at radius 3 is 2.59 bits per heavy atom. The first kappa shape index (κ1) is 12.0. The highest BCUT2D eigenvalue weighted by Gasteiger charge is 2.57. The first-order valence-electron chi connectivity index (χ1n) is 7.73. The van der Waals surface area contributed by atoms with E-state index < -0.39 is 0 Å². The molecular weight excluding hydrogens is 208 g/mol. The molecule has 3 rings (SSSR count). The molecule has 0 N–H and O–H groups in total. The van der Waals surface area contributed by atoms with E-state index in [4.69, 9.17) is 0 Å². The summed E-state index contributed by atoms with van der Waals surface area (Å²) < 4.78 is 0. The molecule has 2 atom stereocenters. The molecule has 3 aliphatic heterocycles. The third-order valence-electron chi connectivity index (χ3n) is 5.27. The molecule has 98 valence electrons. The standard InChI is InChI=1S/C15H28N2/c1-13(2)11-14-12-17-10-6-9-16-8-5-3-4-7-15(14,16)17/h13-14H,3-12H2,1-2H3. The summed E-state index contributed by atoms with van der Waals surface area (Å²) in [6, 6.07) is 0. The highest BCUT2D eigenvalue weighted by atomic mass is 15.5. The first-order chi connectivity index (χ1) is 8.23. The fourth-order valence-corrected chi connectivity index (χ4v) is 4.63. The summed E-state index contributed by atoms with van der Waals surface area (Å²) in [6.07, 6.45) is 8.64. The molecule has 1 spiro atoms. The van der Waals surface area contributed by atoms with E-state index in [1.165, 1.54) is 64.7 Å². The van der Waals surface area contributed by atoms with Gasteiger partial charge in [0.05, 0.1) is 5.66 Å². The van der Waals surface area contributed by atoms with Crippen molar-refractivity contribution in [2.24, 2.45) is 11.8 Å². The van der Waals surface area contributed by atoms with Crippen molar-refractivity contribution in [3.8, 4) is 0 Å². The summed E-state index contributed by atoms with van der Waals surface area (Å²) in [6.45, 7) is 10.3. The number of nitrogens with zero attached hydrogens (tertiary/aromatic N) is 2. The van der Waals surface area contributed by atoms with Crippen LogP contribution in [-0.4, -0.2) is 41.6 Å². The molecule has 17 heavy (non-hydrogen) atoms. The molecule has 0 saturated carbocycles. The maximum absolute atomic E-state index is 2.86. The van der Waals surface area contributed by atoms with Crippen LogP contribution in [0.4, 0.5) is 0 Å². The molecule has 3 saturated heterocycles. The maximum atomic E-state index is 2.86. The van der Waals surface area contributed by atoms with Gasteiger partial charge < -0.3 is 0 Å². The summed E-state index contributed by atoms with van der Waals surface area (Å²) in [5, 5.41) is 0. The van der Waals surface area contributed by atoms with Gasteiger partial charge in [-0.25, -0.2) is 0 Å². The highest BCUT2D eigenvalue weighted by molar-refractivity contribution is 5.08. The average molecular weight is 236 g/mol. The number of rotatable bonds is 2. The molecule has 0 bridgehead atoms. The van der Waals surface area contributed by atoms with Crippen LogP contribution in [0.5, 0.6) is 0 Å². The van der Waals surface area contributed by atoms with Gasteiger partial charge in [-0.3, -0.25) is 9.80 Å². The molecule has 2 unspecified atom stereocenters. The van der Waals surface area contributed by atoms with Crippen LogP contribution in [0.25, 0.3) is 0 Å². The molecule has 0 aromatic carbocycles. The van der Waals surface area contributed by atoms with Gasteiger partial charge in [-0.1, -0.05) is 26.7 Å². The van der Waals surface area contributed by atoms with E-state index in [-0.39, 0.29) is 0 Å². The van der Waals surface area contributed by atoms with Gasteiger partial charge in [-0.15, -0.1) is 0 Å². The van der Waals surface area contributed by atoms with Gasteiger partial charge >= 0.3 is 0 Å². The fraction of sp³-hybridized carbons (Fsp3) is 1.00. The van der Waals surface area contributed by atoms with Crippen LogP contribution in [0, 0.1) is 11.8 Å². The lowest BCUT2D eigenvalue weighted by Crippen LogP contribution is -2.77. The highest BCUT2D eigenvalue weighted by Crippen LogP contribution is 2.49. The SMILES string of the molecule is CC(C)CC1CN2CCCN3CCCCCC132. The molecule has 0 amide bonds. The zero-order chi connectivity index (χ0) is 11.9. The van der Waals surface area contributed by atoms with E-state index >= 15 is 0 Å². The predicted molar refractivity (Wildman–Crippen MR) is 71.9 cm³/mol. The predicted octanol–water partition coefficient (Wildman–Crippen LogP) is 2.94. The lowest BCUT2D eigenvalue weighted by atomic mass is 9.71. The normalized spacial score (nSPS) is 39.4. The maximum Gasteiger partial charge on any atom is 0.0779 e. The zero-order valence-corrected chi connectivity index (χ0v) is 11.6. The van der Waals surface area contributed by atoms with E-state index in [1.807, 2.05) is 0 Å². The summed E-state index contributed by atoms with van der Waals surface area (Å²) in [7, 11) is 0. The van der Waals surface area contributed by atoms with E-state index in [0.717, 1.165) is 11.8 Å². The smallest absolute Gasteiger partial charge is 0.0779 e. The number of hydrogen-bond donors (Lipinski definition) is 0. The van der Waals surface area contributed by atoms with Crippen molar-refractivity contribution in [2.75, 3.05) is 26.2 Å². The van der Waals surface area contributed by atoms with Gasteiger partial charge in [0.2, 0.25) is 0 Å². The van der Waals surface area contributed by atoms with Gasteiger partial charge in [0.15, 0.2) is 0 Å². The van der Waals surface area contributed by atoms with Crippen LogP contribution < -0.4 is 0 Å². The summed E-state index contributed by atoms with van der Waals surface area (Å²) in [5.41, 5.74) is 0.513. The van der Waals surface area contributed by atoms with Crippen LogP contribution in [0.3, 0.4) is 0 Å². The minimum Gasteiger partial charge on any atom is -0.285 e. The number of hydrogen-bond acceptors (Lipinski definition) is 2. The summed E-state index contributed by atoms with van der Waals surface area (Å²) in [4.78, 5) is 5.68. The van der Waals surface area contributed by atoms with E-state index in [1.54, 1.807) is 0 Å². The Bertz CT molecular complexity index is 276. The van der Waals surface area contributed by atoms with Crippen LogP contribution >= 0.6 is 0 Å². The molecule has 3 fully saturated rings. The van der Waals surface area contributed by atoms with Crippen LogP contribution in [0.15, 0.2) is 0 Å². The van der Waals surface area contributed by atoms with Crippen molar-refractivity contribution in [2.45, 2.75) is 58.0 Å². The van der Waals surface area contributed by atoms with Crippen LogP contribution in [0.1, 0.15) is 52.4 Å². The van der Waals surface area contributed by atoms with Gasteiger partial charge in [0.25, 0.3) is 0 Å². The Labute approximate surface area is 106 Å². The quantitative estimate of drug-likeness (QED) is 0.727. The fourth-order valence-electron chi connectivity index (χ4n) is 4.63. The van der Waals surface area contributed by atoms with Gasteiger partial charge in [0, 0.05) is 25.6 Å². The van der Waals surface area contributed by atoms with Gasteiger partial charge in [0.1, 0.15) is 0 Å². The molecule has 3 aliphatic rings. The van der Waals surface area contributed by atoms with Crippen molar-refractivity contribution >= 4 is 0 Å². The Morgan fingerprint density at radius 2 is 1.76 bits per heavy atom. The van der Waals surface area contributed by atoms with Gasteiger partial charge in [-0.05, 0) is 38.1 Å². The van der Waals surface area contributed by atoms with Gasteiger partial charge in [-0.2, -0.15) is 0 Å². The van der Waals surface area contributed by atoms with Crippen molar-refractivity contribution in [1.82, 2.24) is 9.80 Å². The molecule has 0 aliphatic carbocycles. The van der Waals surface area contributed by atoms with E-state index in [0.29, 0.717) is 5.66 Å². The average Bonchev–Trinajstić information content (AvgIpc) is 2.51. The second kappa shape index (κ2) is 4.55. The molecule has 0 aromatic heterocycles. The third-order valence-corrected chi connectivity index (χ3v) is 5.27. The van der Waals surface area contributed by atoms with Crippen molar-refractivity contribution in [1.29, 1.82) is 0 Å². The first-order valence-corrected chi connectivity index (χ1v) is 7.73. The second-order valence-corrected chi connectivity index (χ2v) is 6.80. The largest absolute Gasteiger partial charge is 0.285 e. The third kappa shape index (κ3) is 1.84. The topological polar surface area (TPSA) is 6.48 Å². The molecule has 0 aromatic rings. The Balaban J connectivity index is 1.81. The van der Waals surface area contributed by atoms with Crippen molar-refractivity contribution in [3.05, 3.63) is 0 Å². The zero-order valence-electron chi connectivity index (χ0n) is 11.6. The monoisotopic (exact) mass is 236 g/mol. The lowest BCUT2D eigenvalue weighted by Gasteiger charge is -2.66. The van der Waals surface area contributed by atoms with E-state index in [2.05, 4.69) is 23.6 Å². The molecular formula is C15H28N2. The minimum atomic E-state index is 0.513. The van der Waals surface area contributed by atoms with Crippen molar-refractivity contribution < 1.29 is 0 Å². The Kier molecular flexibility index (Phi) is 3.20. The molecule has 0 radical (unpaired) electrons. The van der Waals surface area contributed by atoms with E-state index in [9.17, 15) is 0 Å². The minimum absolute atomic E-state index is 0.513. The molecule has 2 heteroatoms. The van der Waals surface area contributed by atoms with Crippen molar-refractivity contribution in [3.63, 3.8) is 0 Å². The lowest BCUT2D eigenvalue weighted by molar-refractivity contribution is -0.212. The molecule has 2 nitrogen and oxygen atoms in total. The summed E-state index contributed by atoms with van der Waals surface area (Å²) in [5.74, 6) is 1.82. The second-order valence-electron chi connectivity index (χ2n) is 6.80. The summed E-state index contributed by atoms with van der Waals surface area (Å²) >= 11 is 0. The Morgan fingerprint density at radius 1 is 1.00 bits per heavy atom. The molecule has 3 heterocycles. The van der Waals surface area contributed by atoms with Crippen LogP contribution in [-0.2, 0) is 0 Å².